The fourth-order valence-electron chi connectivity index (χ4n) is 3.86. The van der Waals surface area contributed by atoms with Crippen LogP contribution in [-0.2, 0) is 6.42 Å². The van der Waals surface area contributed by atoms with Crippen LogP contribution in [0.25, 0.3) is 0 Å². The van der Waals surface area contributed by atoms with Crippen LogP contribution >= 0.6 is 11.6 Å². The number of piperidine rings is 1. The summed E-state index contributed by atoms with van der Waals surface area (Å²) in [6.07, 6.45) is 5.13. The molecule has 1 aromatic carbocycles. The molecule has 2 heterocycles. The van der Waals surface area contributed by atoms with Gasteiger partial charge in [-0.3, -0.25) is 4.90 Å². The van der Waals surface area contributed by atoms with Crippen molar-refractivity contribution in [3.8, 4) is 0 Å². The Balaban J connectivity index is 1.67. The summed E-state index contributed by atoms with van der Waals surface area (Å²) in [7, 11) is 0. The van der Waals surface area contributed by atoms with Crippen molar-refractivity contribution < 1.29 is 0 Å². The van der Waals surface area contributed by atoms with Crippen LogP contribution in [0.3, 0.4) is 0 Å². The van der Waals surface area contributed by atoms with Crippen molar-refractivity contribution in [3.05, 3.63) is 34.9 Å². The number of halogens is 1. The van der Waals surface area contributed by atoms with Gasteiger partial charge in [-0.05, 0) is 62.4 Å². The van der Waals surface area contributed by atoms with E-state index in [1.807, 2.05) is 12.1 Å². The van der Waals surface area contributed by atoms with Crippen molar-refractivity contribution in [2.45, 2.75) is 44.7 Å². The zero-order chi connectivity index (χ0) is 13.9. The zero-order valence-corrected chi connectivity index (χ0v) is 13.1. The summed E-state index contributed by atoms with van der Waals surface area (Å²) in [6.45, 7) is 6.05. The van der Waals surface area contributed by atoms with Crippen LogP contribution in [0.15, 0.2) is 24.3 Å². The summed E-state index contributed by atoms with van der Waals surface area (Å²) in [4.78, 5) is 2.79. The average Bonchev–Trinajstić information content (AvgIpc) is 2.83. The molecule has 0 radical (unpaired) electrons. The molecule has 2 atom stereocenters. The Bertz CT molecular complexity index is 425. The van der Waals surface area contributed by atoms with E-state index in [4.69, 9.17) is 11.6 Å². The SMILES string of the molecule is CC1C[C@H](Cc2ccc(Cl)cc2)N(C2CCNCC2)C1. The Hall–Kier alpha value is -0.570. The molecule has 2 aliphatic rings. The third-order valence-corrected chi connectivity index (χ3v) is 5.08. The largest absolute Gasteiger partial charge is 0.317 e. The molecule has 1 N–H and O–H groups in total. The standard InChI is InChI=1S/C17H25ClN2/c1-13-10-17(11-14-2-4-15(18)5-3-14)20(12-13)16-6-8-19-9-7-16/h2-5,13,16-17,19H,6-12H2,1H3/t13?,17-/m1/s1. The Kier molecular flexibility index (Phi) is 4.65. The van der Waals surface area contributed by atoms with Gasteiger partial charge in [-0.15, -0.1) is 0 Å². The third-order valence-electron chi connectivity index (χ3n) is 4.83. The molecule has 110 valence electrons. The van der Waals surface area contributed by atoms with Crippen LogP contribution in [0, 0.1) is 5.92 Å². The number of nitrogens with zero attached hydrogens (tertiary/aromatic N) is 1. The molecule has 1 aromatic rings. The second-order valence-electron chi connectivity index (χ2n) is 6.50. The summed E-state index contributed by atoms with van der Waals surface area (Å²) in [6, 6.07) is 9.92. The molecule has 2 aliphatic heterocycles. The molecule has 0 bridgehead atoms. The van der Waals surface area contributed by atoms with Gasteiger partial charge in [0.15, 0.2) is 0 Å². The van der Waals surface area contributed by atoms with Crippen LogP contribution in [0.1, 0.15) is 31.7 Å². The van der Waals surface area contributed by atoms with Gasteiger partial charge in [0.05, 0.1) is 0 Å². The lowest BCUT2D eigenvalue weighted by molar-refractivity contribution is 0.145. The fraction of sp³-hybridized carbons (Fsp3) is 0.647. The molecule has 0 spiro atoms. The summed E-state index contributed by atoms with van der Waals surface area (Å²) in [5, 5.41) is 4.32. The van der Waals surface area contributed by atoms with Crippen LogP contribution in [0.4, 0.5) is 0 Å². The van der Waals surface area contributed by atoms with E-state index in [-0.39, 0.29) is 0 Å². The maximum atomic E-state index is 5.98. The van der Waals surface area contributed by atoms with Gasteiger partial charge >= 0.3 is 0 Å². The number of likely N-dealkylation sites (tertiary alicyclic amines) is 1. The van der Waals surface area contributed by atoms with Gasteiger partial charge in [0, 0.05) is 23.7 Å². The van der Waals surface area contributed by atoms with E-state index in [2.05, 4.69) is 29.3 Å². The minimum absolute atomic E-state index is 0.717. The minimum atomic E-state index is 0.717. The van der Waals surface area contributed by atoms with Crippen molar-refractivity contribution in [2.24, 2.45) is 5.92 Å². The Labute approximate surface area is 127 Å². The highest BCUT2D eigenvalue weighted by atomic mass is 35.5. The van der Waals surface area contributed by atoms with Gasteiger partial charge in [0.25, 0.3) is 0 Å². The first-order valence-corrected chi connectivity index (χ1v) is 8.31. The predicted octanol–water partition coefficient (Wildman–Crippen LogP) is 3.34. The smallest absolute Gasteiger partial charge is 0.0406 e. The van der Waals surface area contributed by atoms with Crippen LogP contribution in [0.2, 0.25) is 5.02 Å². The molecule has 0 amide bonds. The van der Waals surface area contributed by atoms with Gasteiger partial charge in [-0.1, -0.05) is 30.7 Å². The first-order valence-electron chi connectivity index (χ1n) is 7.93. The molecule has 0 saturated carbocycles. The second-order valence-corrected chi connectivity index (χ2v) is 6.94. The topological polar surface area (TPSA) is 15.3 Å². The third kappa shape index (κ3) is 3.36. The van der Waals surface area contributed by atoms with Crippen molar-refractivity contribution in [1.82, 2.24) is 10.2 Å². The molecular formula is C17H25ClN2. The summed E-state index contributed by atoms with van der Waals surface area (Å²) in [5.74, 6) is 0.835. The normalized spacial score (nSPS) is 28.9. The highest BCUT2D eigenvalue weighted by molar-refractivity contribution is 6.30. The molecule has 2 nitrogen and oxygen atoms in total. The van der Waals surface area contributed by atoms with Gasteiger partial charge < -0.3 is 5.32 Å². The van der Waals surface area contributed by atoms with E-state index in [9.17, 15) is 0 Å². The van der Waals surface area contributed by atoms with Crippen LogP contribution in [0.5, 0.6) is 0 Å². The van der Waals surface area contributed by atoms with Gasteiger partial charge in [0.2, 0.25) is 0 Å². The number of benzene rings is 1. The van der Waals surface area contributed by atoms with E-state index < -0.39 is 0 Å². The molecule has 0 aliphatic carbocycles. The highest BCUT2D eigenvalue weighted by Crippen LogP contribution is 2.30. The van der Waals surface area contributed by atoms with Crippen LogP contribution in [-0.4, -0.2) is 36.6 Å². The number of hydrogen-bond acceptors (Lipinski definition) is 2. The monoisotopic (exact) mass is 292 g/mol. The Morgan fingerprint density at radius 3 is 2.60 bits per heavy atom. The maximum absolute atomic E-state index is 5.98. The average molecular weight is 293 g/mol. The van der Waals surface area contributed by atoms with E-state index in [0.29, 0.717) is 6.04 Å². The molecule has 1 unspecified atom stereocenters. The van der Waals surface area contributed by atoms with Crippen LogP contribution < -0.4 is 5.32 Å². The number of hydrogen-bond donors (Lipinski definition) is 1. The molecule has 3 heteroatoms. The molecule has 3 rings (SSSR count). The fourth-order valence-corrected chi connectivity index (χ4v) is 3.99. The summed E-state index contributed by atoms with van der Waals surface area (Å²) in [5.41, 5.74) is 1.42. The first-order chi connectivity index (χ1) is 9.72. The second kappa shape index (κ2) is 6.46. The van der Waals surface area contributed by atoms with E-state index in [1.54, 1.807) is 0 Å². The van der Waals surface area contributed by atoms with E-state index in [1.165, 1.54) is 50.9 Å². The van der Waals surface area contributed by atoms with E-state index >= 15 is 0 Å². The minimum Gasteiger partial charge on any atom is -0.317 e. The number of nitrogens with one attached hydrogen (secondary N) is 1. The van der Waals surface area contributed by atoms with Gasteiger partial charge in [-0.2, -0.15) is 0 Å². The molecular weight excluding hydrogens is 268 g/mol. The molecule has 2 fully saturated rings. The zero-order valence-electron chi connectivity index (χ0n) is 12.3. The number of rotatable bonds is 3. The molecule has 2 saturated heterocycles. The predicted molar refractivity (Wildman–Crippen MR) is 85.3 cm³/mol. The van der Waals surface area contributed by atoms with E-state index in [0.717, 1.165) is 17.0 Å². The lowest BCUT2D eigenvalue weighted by Gasteiger charge is -2.36. The maximum Gasteiger partial charge on any atom is 0.0406 e. The highest BCUT2D eigenvalue weighted by Gasteiger charge is 2.34. The summed E-state index contributed by atoms with van der Waals surface area (Å²) < 4.78 is 0. The molecule has 20 heavy (non-hydrogen) atoms. The Morgan fingerprint density at radius 2 is 1.90 bits per heavy atom. The van der Waals surface area contributed by atoms with Crippen molar-refractivity contribution in [2.75, 3.05) is 19.6 Å². The first kappa shape index (κ1) is 14.4. The van der Waals surface area contributed by atoms with Crippen molar-refractivity contribution >= 4 is 11.6 Å². The lowest BCUT2D eigenvalue weighted by atomic mass is 9.98. The van der Waals surface area contributed by atoms with Crippen molar-refractivity contribution in [3.63, 3.8) is 0 Å². The van der Waals surface area contributed by atoms with Gasteiger partial charge in [0.1, 0.15) is 0 Å². The quantitative estimate of drug-likeness (QED) is 0.919. The van der Waals surface area contributed by atoms with Crippen molar-refractivity contribution in [1.29, 1.82) is 0 Å². The van der Waals surface area contributed by atoms with Gasteiger partial charge in [-0.25, -0.2) is 0 Å². The lowest BCUT2D eigenvalue weighted by Crippen LogP contribution is -2.46. The summed E-state index contributed by atoms with van der Waals surface area (Å²) >= 11 is 5.98. The Morgan fingerprint density at radius 1 is 1.20 bits per heavy atom. The molecule has 0 aromatic heterocycles.